The second-order valence-corrected chi connectivity index (χ2v) is 14.8. The lowest BCUT2D eigenvalue weighted by molar-refractivity contribution is 0.838. The Kier molecular flexibility index (Phi) is 5.88. The molecular weight excluding hydrogens is 362 g/mol. The summed E-state index contributed by atoms with van der Waals surface area (Å²) in [5.74, 6) is 3.53. The summed E-state index contributed by atoms with van der Waals surface area (Å²) in [5.41, 5.74) is 9.13. The SMILES string of the molecule is CC(C)[Si](C#Cc1ccc(-c2nc3ccccc3s2)cc1)(C(C)C)C(C)C. The van der Waals surface area contributed by atoms with Crippen LogP contribution in [0.15, 0.2) is 48.5 Å². The molecule has 0 aliphatic heterocycles. The molecule has 0 unspecified atom stereocenters. The van der Waals surface area contributed by atoms with Gasteiger partial charge < -0.3 is 0 Å². The minimum Gasteiger partial charge on any atom is -0.236 e. The summed E-state index contributed by atoms with van der Waals surface area (Å²) < 4.78 is 1.23. The summed E-state index contributed by atoms with van der Waals surface area (Å²) in [6.45, 7) is 14.1. The standard InChI is InChI=1S/C24H29NSSi/c1-17(2)27(18(3)4,19(5)6)16-15-20-11-13-21(14-12-20)24-25-22-9-7-8-10-23(22)26-24/h7-14,17-19H,1-6H3. The molecule has 27 heavy (non-hydrogen) atoms. The third kappa shape index (κ3) is 3.88. The third-order valence-corrected chi connectivity index (χ3v) is 13.1. The predicted molar refractivity (Wildman–Crippen MR) is 123 cm³/mol. The molecule has 0 aliphatic carbocycles. The highest BCUT2D eigenvalue weighted by atomic mass is 32.1. The maximum absolute atomic E-state index is 4.76. The minimum absolute atomic E-state index is 0.659. The molecule has 3 heteroatoms. The van der Waals surface area contributed by atoms with Crippen LogP contribution in [0.2, 0.25) is 16.6 Å². The fourth-order valence-corrected chi connectivity index (χ4v) is 10.5. The van der Waals surface area contributed by atoms with Crippen LogP contribution in [0.3, 0.4) is 0 Å². The summed E-state index contributed by atoms with van der Waals surface area (Å²) in [4.78, 5) is 4.76. The van der Waals surface area contributed by atoms with Crippen LogP contribution in [-0.4, -0.2) is 13.1 Å². The molecule has 0 spiro atoms. The van der Waals surface area contributed by atoms with Crippen LogP contribution in [0.25, 0.3) is 20.8 Å². The monoisotopic (exact) mass is 391 g/mol. The summed E-state index contributed by atoms with van der Waals surface area (Å²) in [5, 5.41) is 1.07. The van der Waals surface area contributed by atoms with Gasteiger partial charge in [-0.2, -0.15) is 0 Å². The Bertz CT molecular complexity index is 916. The van der Waals surface area contributed by atoms with Crippen LogP contribution >= 0.6 is 11.3 Å². The lowest BCUT2D eigenvalue weighted by Crippen LogP contribution is -2.43. The molecule has 1 heterocycles. The smallest absolute Gasteiger partial charge is 0.146 e. The van der Waals surface area contributed by atoms with Gasteiger partial charge in [0.15, 0.2) is 0 Å². The molecule has 3 aromatic rings. The number of benzene rings is 2. The molecule has 0 fully saturated rings. The Morgan fingerprint density at radius 2 is 1.41 bits per heavy atom. The van der Waals surface area contributed by atoms with Gasteiger partial charge in [-0.15, -0.1) is 16.9 Å². The number of hydrogen-bond donors (Lipinski definition) is 0. The molecule has 1 aromatic heterocycles. The molecule has 0 bridgehead atoms. The highest BCUT2D eigenvalue weighted by molar-refractivity contribution is 7.21. The van der Waals surface area contributed by atoms with E-state index in [1.165, 1.54) is 10.3 Å². The molecule has 1 nitrogen and oxygen atoms in total. The summed E-state index contributed by atoms with van der Waals surface area (Å²) in [7, 11) is -1.68. The quantitative estimate of drug-likeness (QED) is 0.331. The van der Waals surface area contributed by atoms with Crippen molar-refractivity contribution in [1.29, 1.82) is 0 Å². The maximum atomic E-state index is 4.76. The molecule has 0 saturated heterocycles. The fourth-order valence-electron chi connectivity index (χ4n) is 4.31. The van der Waals surface area contributed by atoms with E-state index >= 15 is 0 Å². The van der Waals surface area contributed by atoms with Gasteiger partial charge in [0.25, 0.3) is 0 Å². The zero-order valence-electron chi connectivity index (χ0n) is 17.2. The van der Waals surface area contributed by atoms with Crippen molar-refractivity contribution in [2.24, 2.45) is 0 Å². The Morgan fingerprint density at radius 1 is 0.815 bits per heavy atom. The van der Waals surface area contributed by atoms with E-state index in [4.69, 9.17) is 4.98 Å². The van der Waals surface area contributed by atoms with Gasteiger partial charge in [0.05, 0.1) is 10.2 Å². The molecule has 0 atom stereocenters. The van der Waals surface area contributed by atoms with Crippen LogP contribution in [0, 0.1) is 11.5 Å². The van der Waals surface area contributed by atoms with Crippen molar-refractivity contribution in [3.63, 3.8) is 0 Å². The molecule has 0 radical (unpaired) electrons. The topological polar surface area (TPSA) is 12.9 Å². The van der Waals surface area contributed by atoms with Crippen molar-refractivity contribution < 1.29 is 0 Å². The normalized spacial score (nSPS) is 12.0. The van der Waals surface area contributed by atoms with E-state index in [0.29, 0.717) is 16.6 Å². The van der Waals surface area contributed by atoms with E-state index in [9.17, 15) is 0 Å². The second kappa shape index (κ2) is 8.00. The molecule has 0 saturated carbocycles. The van der Waals surface area contributed by atoms with Gasteiger partial charge in [0, 0.05) is 11.1 Å². The summed E-state index contributed by atoms with van der Waals surface area (Å²) in [6, 6.07) is 16.9. The van der Waals surface area contributed by atoms with Crippen molar-refractivity contribution in [3.8, 4) is 22.0 Å². The molecule has 2 aromatic carbocycles. The van der Waals surface area contributed by atoms with Gasteiger partial charge in [0.1, 0.15) is 13.1 Å². The van der Waals surface area contributed by atoms with E-state index in [1.54, 1.807) is 11.3 Å². The number of nitrogens with zero attached hydrogens (tertiary/aromatic N) is 1. The Hall–Kier alpha value is -1.89. The second-order valence-electron chi connectivity index (χ2n) is 8.21. The number of fused-ring (bicyclic) bond motifs is 1. The first kappa shape index (κ1) is 19.9. The van der Waals surface area contributed by atoms with E-state index in [2.05, 4.69) is 95.5 Å². The number of rotatable bonds is 4. The van der Waals surface area contributed by atoms with E-state index in [1.807, 2.05) is 6.07 Å². The highest BCUT2D eigenvalue weighted by Gasteiger charge is 2.41. The number of aromatic nitrogens is 1. The van der Waals surface area contributed by atoms with Crippen LogP contribution in [-0.2, 0) is 0 Å². The van der Waals surface area contributed by atoms with Crippen molar-refractivity contribution >= 4 is 29.6 Å². The Morgan fingerprint density at radius 3 is 1.96 bits per heavy atom. The van der Waals surface area contributed by atoms with Crippen LogP contribution in [0.4, 0.5) is 0 Å². The van der Waals surface area contributed by atoms with Gasteiger partial charge in [-0.3, -0.25) is 0 Å². The predicted octanol–water partition coefficient (Wildman–Crippen LogP) is 7.53. The van der Waals surface area contributed by atoms with E-state index in [0.717, 1.165) is 16.1 Å². The average molecular weight is 392 g/mol. The first-order valence-electron chi connectivity index (χ1n) is 9.83. The Labute approximate surface area is 168 Å². The molecule has 0 aliphatic rings. The van der Waals surface area contributed by atoms with Crippen molar-refractivity contribution in [1.82, 2.24) is 4.98 Å². The summed E-state index contributed by atoms with van der Waals surface area (Å²) in [6.07, 6.45) is 0. The summed E-state index contributed by atoms with van der Waals surface area (Å²) >= 11 is 1.75. The molecular formula is C24H29NSSi. The minimum atomic E-state index is -1.68. The van der Waals surface area contributed by atoms with Gasteiger partial charge in [-0.05, 0) is 40.9 Å². The zero-order chi connectivity index (χ0) is 19.6. The van der Waals surface area contributed by atoms with Gasteiger partial charge in [0.2, 0.25) is 0 Å². The first-order chi connectivity index (χ1) is 12.8. The van der Waals surface area contributed by atoms with E-state index in [-0.39, 0.29) is 0 Å². The van der Waals surface area contributed by atoms with Gasteiger partial charge in [-0.25, -0.2) is 4.98 Å². The molecule has 140 valence electrons. The molecule has 0 amide bonds. The van der Waals surface area contributed by atoms with Gasteiger partial charge in [-0.1, -0.05) is 71.7 Å². The van der Waals surface area contributed by atoms with Crippen LogP contribution in [0.5, 0.6) is 0 Å². The van der Waals surface area contributed by atoms with Crippen molar-refractivity contribution in [3.05, 3.63) is 54.1 Å². The maximum Gasteiger partial charge on any atom is 0.146 e. The van der Waals surface area contributed by atoms with Crippen LogP contribution < -0.4 is 0 Å². The first-order valence-corrected chi connectivity index (χ1v) is 12.9. The molecule has 0 N–H and O–H groups in total. The van der Waals surface area contributed by atoms with Gasteiger partial charge >= 0.3 is 0 Å². The average Bonchev–Trinajstić information content (AvgIpc) is 3.06. The molecule has 3 rings (SSSR count). The van der Waals surface area contributed by atoms with Crippen molar-refractivity contribution in [2.75, 3.05) is 0 Å². The lowest BCUT2D eigenvalue weighted by atomic mass is 10.1. The van der Waals surface area contributed by atoms with Crippen molar-refractivity contribution in [2.45, 2.75) is 58.2 Å². The van der Waals surface area contributed by atoms with Crippen LogP contribution in [0.1, 0.15) is 47.1 Å². The third-order valence-electron chi connectivity index (χ3n) is 5.72. The van der Waals surface area contributed by atoms with E-state index < -0.39 is 8.07 Å². The lowest BCUT2D eigenvalue weighted by Gasteiger charge is -2.38. The number of thiazole rings is 1. The fraction of sp³-hybridized carbons (Fsp3) is 0.375. The zero-order valence-corrected chi connectivity index (χ0v) is 19.0. The largest absolute Gasteiger partial charge is 0.236 e. The highest BCUT2D eigenvalue weighted by Crippen LogP contribution is 2.40. The Balaban J connectivity index is 1.91. The number of hydrogen-bond acceptors (Lipinski definition) is 2. The number of para-hydroxylation sites is 1.